The molecule has 5 nitrogen and oxygen atoms in total. The average Bonchev–Trinajstić information content (AvgIpc) is 2.13. The Bertz CT molecular complexity index is 213. The minimum atomic E-state index is -0.911. The molecule has 0 radical (unpaired) electrons. The summed E-state index contributed by atoms with van der Waals surface area (Å²) in [6.45, 7) is 5.38. The predicted octanol–water partition coefficient (Wildman–Crippen LogP) is -0.829. The fourth-order valence-electron chi connectivity index (χ4n) is 1.07. The molecule has 0 spiro atoms. The SMILES string of the molecule is CN(CC(O)CO)C(=O)C(N)C(C)(C)C. The van der Waals surface area contributed by atoms with Crippen LogP contribution in [0.3, 0.4) is 0 Å². The Kier molecular flexibility index (Phi) is 5.20. The van der Waals surface area contributed by atoms with E-state index in [9.17, 15) is 9.90 Å². The summed E-state index contributed by atoms with van der Waals surface area (Å²) < 4.78 is 0. The van der Waals surface area contributed by atoms with Gasteiger partial charge in [-0.25, -0.2) is 0 Å². The topological polar surface area (TPSA) is 86.8 Å². The van der Waals surface area contributed by atoms with Gasteiger partial charge in [0.25, 0.3) is 0 Å². The maximum absolute atomic E-state index is 11.7. The van der Waals surface area contributed by atoms with Gasteiger partial charge in [0.2, 0.25) is 5.91 Å². The summed E-state index contributed by atoms with van der Waals surface area (Å²) in [7, 11) is 1.56. The van der Waals surface area contributed by atoms with Gasteiger partial charge >= 0.3 is 0 Å². The molecule has 5 heteroatoms. The quantitative estimate of drug-likeness (QED) is 0.575. The van der Waals surface area contributed by atoms with Gasteiger partial charge in [0, 0.05) is 13.6 Å². The Labute approximate surface area is 90.9 Å². The van der Waals surface area contributed by atoms with Crippen molar-refractivity contribution in [2.75, 3.05) is 20.2 Å². The van der Waals surface area contributed by atoms with E-state index in [1.165, 1.54) is 4.90 Å². The van der Waals surface area contributed by atoms with Gasteiger partial charge in [-0.1, -0.05) is 20.8 Å². The summed E-state index contributed by atoms with van der Waals surface area (Å²) in [5.74, 6) is -0.227. The highest BCUT2D eigenvalue weighted by Crippen LogP contribution is 2.18. The Morgan fingerprint density at radius 2 is 1.93 bits per heavy atom. The van der Waals surface area contributed by atoms with Crippen LogP contribution in [0.1, 0.15) is 20.8 Å². The van der Waals surface area contributed by atoms with Crippen LogP contribution >= 0.6 is 0 Å². The molecule has 0 saturated heterocycles. The van der Waals surface area contributed by atoms with Crippen LogP contribution in [0.5, 0.6) is 0 Å². The molecule has 0 saturated carbocycles. The number of carbonyl (C=O) groups excluding carboxylic acids is 1. The average molecular weight is 218 g/mol. The van der Waals surface area contributed by atoms with Crippen molar-refractivity contribution in [3.05, 3.63) is 0 Å². The van der Waals surface area contributed by atoms with Crippen LogP contribution in [0.4, 0.5) is 0 Å². The van der Waals surface area contributed by atoms with Gasteiger partial charge in [0.15, 0.2) is 0 Å². The number of nitrogens with two attached hydrogens (primary N) is 1. The third kappa shape index (κ3) is 4.59. The van der Waals surface area contributed by atoms with Gasteiger partial charge in [-0.05, 0) is 5.41 Å². The van der Waals surface area contributed by atoms with Gasteiger partial charge in [-0.3, -0.25) is 4.79 Å². The highest BCUT2D eigenvalue weighted by atomic mass is 16.3. The van der Waals surface area contributed by atoms with Crippen molar-refractivity contribution >= 4 is 5.91 Å². The molecule has 4 N–H and O–H groups in total. The van der Waals surface area contributed by atoms with E-state index in [1.807, 2.05) is 20.8 Å². The third-order valence-corrected chi connectivity index (χ3v) is 2.27. The number of likely N-dealkylation sites (N-methyl/N-ethyl adjacent to an activating group) is 1. The summed E-state index contributed by atoms with van der Waals surface area (Å²) >= 11 is 0. The fourth-order valence-corrected chi connectivity index (χ4v) is 1.07. The number of hydrogen-bond acceptors (Lipinski definition) is 4. The molecule has 0 aliphatic carbocycles. The number of amides is 1. The second-order valence-electron chi connectivity index (χ2n) is 4.90. The minimum Gasteiger partial charge on any atom is -0.394 e. The zero-order valence-electron chi connectivity index (χ0n) is 9.90. The van der Waals surface area contributed by atoms with Crippen molar-refractivity contribution < 1.29 is 15.0 Å². The summed E-state index contributed by atoms with van der Waals surface area (Å²) in [6.07, 6.45) is -0.911. The van der Waals surface area contributed by atoms with Crippen molar-refractivity contribution in [1.82, 2.24) is 4.90 Å². The predicted molar refractivity (Wildman–Crippen MR) is 58.2 cm³/mol. The second kappa shape index (κ2) is 5.44. The first-order chi connectivity index (χ1) is 6.70. The van der Waals surface area contributed by atoms with Crippen molar-refractivity contribution in [1.29, 1.82) is 0 Å². The summed E-state index contributed by atoms with van der Waals surface area (Å²) in [4.78, 5) is 13.1. The first kappa shape index (κ1) is 14.3. The molecule has 0 bridgehead atoms. The Morgan fingerprint density at radius 1 is 1.47 bits per heavy atom. The molecule has 90 valence electrons. The molecule has 15 heavy (non-hydrogen) atoms. The van der Waals surface area contributed by atoms with Crippen LogP contribution in [0.2, 0.25) is 0 Å². The zero-order valence-corrected chi connectivity index (χ0v) is 9.90. The van der Waals surface area contributed by atoms with Gasteiger partial charge < -0.3 is 20.8 Å². The standard InChI is InChI=1S/C10H22N2O3/c1-10(2,3)8(11)9(15)12(4)5-7(14)6-13/h7-8,13-14H,5-6,11H2,1-4H3. The van der Waals surface area contributed by atoms with E-state index < -0.39 is 12.1 Å². The van der Waals surface area contributed by atoms with Crippen LogP contribution in [0.15, 0.2) is 0 Å². The first-order valence-electron chi connectivity index (χ1n) is 4.99. The normalized spacial score (nSPS) is 15.9. The highest BCUT2D eigenvalue weighted by Gasteiger charge is 2.30. The lowest BCUT2D eigenvalue weighted by Crippen LogP contribution is -2.51. The number of nitrogens with zero attached hydrogens (tertiary/aromatic N) is 1. The van der Waals surface area contributed by atoms with E-state index >= 15 is 0 Å². The van der Waals surface area contributed by atoms with Crippen molar-refractivity contribution in [3.8, 4) is 0 Å². The van der Waals surface area contributed by atoms with Crippen molar-refractivity contribution in [2.45, 2.75) is 32.9 Å². The largest absolute Gasteiger partial charge is 0.394 e. The fraction of sp³-hybridized carbons (Fsp3) is 0.900. The van der Waals surface area contributed by atoms with Gasteiger partial charge in [0.05, 0.1) is 18.8 Å². The van der Waals surface area contributed by atoms with Crippen molar-refractivity contribution in [3.63, 3.8) is 0 Å². The maximum Gasteiger partial charge on any atom is 0.239 e. The monoisotopic (exact) mass is 218 g/mol. The smallest absolute Gasteiger partial charge is 0.239 e. The third-order valence-electron chi connectivity index (χ3n) is 2.27. The number of rotatable bonds is 4. The molecule has 2 unspecified atom stereocenters. The number of carbonyl (C=O) groups is 1. The molecular weight excluding hydrogens is 196 g/mol. The van der Waals surface area contributed by atoms with E-state index in [-0.39, 0.29) is 24.5 Å². The van der Waals surface area contributed by atoms with E-state index in [0.717, 1.165) is 0 Å². The van der Waals surface area contributed by atoms with Gasteiger partial charge in [-0.2, -0.15) is 0 Å². The highest BCUT2D eigenvalue weighted by molar-refractivity contribution is 5.82. The van der Waals surface area contributed by atoms with E-state index in [1.54, 1.807) is 7.05 Å². The van der Waals surface area contributed by atoms with Crippen LogP contribution in [-0.2, 0) is 4.79 Å². The number of aliphatic hydroxyl groups excluding tert-OH is 2. The molecule has 0 aliphatic heterocycles. The molecule has 1 amide bonds. The lowest BCUT2D eigenvalue weighted by molar-refractivity contribution is -0.135. The molecule has 0 rings (SSSR count). The first-order valence-corrected chi connectivity index (χ1v) is 4.99. The molecule has 0 heterocycles. The summed E-state index contributed by atoms with van der Waals surface area (Å²) in [5.41, 5.74) is 5.47. The van der Waals surface area contributed by atoms with Crippen LogP contribution in [-0.4, -0.2) is 53.4 Å². The number of aliphatic hydroxyl groups is 2. The Morgan fingerprint density at radius 3 is 2.27 bits per heavy atom. The molecule has 0 fully saturated rings. The van der Waals surface area contributed by atoms with Gasteiger partial charge in [0.1, 0.15) is 0 Å². The summed E-state index contributed by atoms with van der Waals surface area (Å²) in [5, 5.41) is 17.8. The summed E-state index contributed by atoms with van der Waals surface area (Å²) in [6, 6.07) is -0.603. The van der Waals surface area contributed by atoms with E-state index in [2.05, 4.69) is 0 Å². The Hall–Kier alpha value is -0.650. The molecule has 0 aromatic carbocycles. The molecular formula is C10H22N2O3. The van der Waals surface area contributed by atoms with E-state index in [4.69, 9.17) is 10.8 Å². The van der Waals surface area contributed by atoms with Crippen molar-refractivity contribution in [2.24, 2.45) is 11.1 Å². The van der Waals surface area contributed by atoms with E-state index in [0.29, 0.717) is 0 Å². The van der Waals surface area contributed by atoms with Crippen LogP contribution in [0, 0.1) is 5.41 Å². The van der Waals surface area contributed by atoms with Gasteiger partial charge in [-0.15, -0.1) is 0 Å². The lowest BCUT2D eigenvalue weighted by atomic mass is 9.86. The second-order valence-corrected chi connectivity index (χ2v) is 4.90. The Balaban J connectivity index is 4.32. The minimum absolute atomic E-state index is 0.0963. The molecule has 0 aliphatic rings. The lowest BCUT2D eigenvalue weighted by Gasteiger charge is -2.30. The molecule has 0 aromatic heterocycles. The molecule has 0 aromatic rings. The van der Waals surface area contributed by atoms with Crippen LogP contribution < -0.4 is 5.73 Å². The number of hydrogen-bond donors (Lipinski definition) is 3. The molecule has 2 atom stereocenters. The maximum atomic E-state index is 11.7. The van der Waals surface area contributed by atoms with Crippen LogP contribution in [0.25, 0.3) is 0 Å². The zero-order chi connectivity index (χ0) is 12.2.